The van der Waals surface area contributed by atoms with E-state index in [1.165, 1.54) is 10.4 Å². The minimum atomic E-state index is 0.855. The fourth-order valence-corrected chi connectivity index (χ4v) is 3.29. The van der Waals surface area contributed by atoms with Gasteiger partial charge in [-0.05, 0) is 25.6 Å². The Morgan fingerprint density at radius 3 is 2.79 bits per heavy atom. The molecule has 102 valence electrons. The number of nitrogens with one attached hydrogen (secondary N) is 1. The number of aryl methyl sites for hydroxylation is 1. The Hall–Kier alpha value is -0.910. The molecule has 1 aromatic heterocycles. The average Bonchev–Trinajstić information content (AvgIpc) is 2.75. The SMILES string of the molecule is CNCc1sc(N(C)Cc2ccccc2Br)nc1C. The molecule has 2 rings (SSSR count). The molecule has 0 aliphatic heterocycles. The molecule has 0 amide bonds. The second-order valence-electron chi connectivity index (χ2n) is 4.48. The van der Waals surface area contributed by atoms with Crippen LogP contribution in [0.1, 0.15) is 16.1 Å². The summed E-state index contributed by atoms with van der Waals surface area (Å²) in [6, 6.07) is 8.30. The van der Waals surface area contributed by atoms with E-state index in [9.17, 15) is 0 Å². The highest BCUT2D eigenvalue weighted by Crippen LogP contribution is 2.27. The third-order valence-corrected chi connectivity index (χ3v) is 4.96. The van der Waals surface area contributed by atoms with E-state index in [4.69, 9.17) is 0 Å². The molecule has 0 saturated carbocycles. The lowest BCUT2D eigenvalue weighted by atomic mass is 10.2. The van der Waals surface area contributed by atoms with Crippen molar-refractivity contribution < 1.29 is 0 Å². The molecule has 0 aliphatic rings. The fourth-order valence-electron chi connectivity index (χ4n) is 1.85. The first-order valence-corrected chi connectivity index (χ1v) is 7.78. The van der Waals surface area contributed by atoms with E-state index in [1.54, 1.807) is 11.3 Å². The van der Waals surface area contributed by atoms with Crippen molar-refractivity contribution in [3.05, 3.63) is 44.9 Å². The lowest BCUT2D eigenvalue weighted by molar-refractivity contribution is 0.822. The Labute approximate surface area is 126 Å². The molecular formula is C14H18BrN3S. The maximum Gasteiger partial charge on any atom is 0.185 e. The minimum absolute atomic E-state index is 0.855. The molecule has 5 heteroatoms. The summed E-state index contributed by atoms with van der Waals surface area (Å²) in [5.41, 5.74) is 2.39. The molecular weight excluding hydrogens is 322 g/mol. The number of halogens is 1. The van der Waals surface area contributed by atoms with Crippen LogP contribution in [0.3, 0.4) is 0 Å². The molecule has 1 N–H and O–H groups in total. The smallest absolute Gasteiger partial charge is 0.185 e. The number of hydrogen-bond acceptors (Lipinski definition) is 4. The molecule has 0 radical (unpaired) electrons. The number of rotatable bonds is 5. The summed E-state index contributed by atoms with van der Waals surface area (Å²) in [5.74, 6) is 0. The highest BCUT2D eigenvalue weighted by atomic mass is 79.9. The van der Waals surface area contributed by atoms with Gasteiger partial charge in [0.1, 0.15) is 0 Å². The third-order valence-electron chi connectivity index (χ3n) is 2.91. The number of benzene rings is 1. The van der Waals surface area contributed by atoms with Crippen molar-refractivity contribution in [3.8, 4) is 0 Å². The molecule has 0 saturated heterocycles. The summed E-state index contributed by atoms with van der Waals surface area (Å²) in [5, 5.41) is 4.25. The van der Waals surface area contributed by atoms with Gasteiger partial charge in [-0.25, -0.2) is 4.98 Å². The Balaban J connectivity index is 2.14. The zero-order valence-corrected chi connectivity index (χ0v) is 13.8. The monoisotopic (exact) mass is 339 g/mol. The van der Waals surface area contributed by atoms with Crippen LogP contribution in [0.25, 0.3) is 0 Å². The van der Waals surface area contributed by atoms with Gasteiger partial charge in [0.2, 0.25) is 0 Å². The van der Waals surface area contributed by atoms with Crippen LogP contribution in [0, 0.1) is 6.92 Å². The van der Waals surface area contributed by atoms with Gasteiger partial charge in [0.05, 0.1) is 5.69 Å². The van der Waals surface area contributed by atoms with Crippen LogP contribution in [-0.4, -0.2) is 19.1 Å². The van der Waals surface area contributed by atoms with Crippen LogP contribution in [-0.2, 0) is 13.1 Å². The van der Waals surface area contributed by atoms with Gasteiger partial charge in [-0.3, -0.25) is 0 Å². The minimum Gasteiger partial charge on any atom is -0.347 e. The molecule has 19 heavy (non-hydrogen) atoms. The number of hydrogen-bond donors (Lipinski definition) is 1. The first-order chi connectivity index (χ1) is 9.11. The summed E-state index contributed by atoms with van der Waals surface area (Å²) in [4.78, 5) is 8.14. The summed E-state index contributed by atoms with van der Waals surface area (Å²) in [7, 11) is 4.05. The van der Waals surface area contributed by atoms with E-state index in [-0.39, 0.29) is 0 Å². The van der Waals surface area contributed by atoms with Crippen molar-refractivity contribution in [3.63, 3.8) is 0 Å². The highest BCUT2D eigenvalue weighted by Gasteiger charge is 2.11. The largest absolute Gasteiger partial charge is 0.347 e. The van der Waals surface area contributed by atoms with E-state index in [2.05, 4.69) is 63.3 Å². The average molecular weight is 340 g/mol. The second kappa shape index (κ2) is 6.50. The van der Waals surface area contributed by atoms with Crippen LogP contribution >= 0.6 is 27.3 Å². The molecule has 1 aromatic carbocycles. The van der Waals surface area contributed by atoms with Crippen LogP contribution in [0.15, 0.2) is 28.7 Å². The Morgan fingerprint density at radius 2 is 2.11 bits per heavy atom. The van der Waals surface area contributed by atoms with Crippen molar-refractivity contribution >= 4 is 32.4 Å². The molecule has 1 heterocycles. The quantitative estimate of drug-likeness (QED) is 0.902. The number of aromatic nitrogens is 1. The van der Waals surface area contributed by atoms with E-state index in [0.29, 0.717) is 0 Å². The summed E-state index contributed by atoms with van der Waals surface area (Å²) < 4.78 is 1.14. The molecule has 0 unspecified atom stereocenters. The number of nitrogens with zero attached hydrogens (tertiary/aromatic N) is 2. The fraction of sp³-hybridized carbons (Fsp3) is 0.357. The second-order valence-corrected chi connectivity index (χ2v) is 6.40. The van der Waals surface area contributed by atoms with Crippen molar-refractivity contribution in [2.75, 3.05) is 19.0 Å². The molecule has 0 atom stereocenters. The van der Waals surface area contributed by atoms with Crippen LogP contribution in [0.4, 0.5) is 5.13 Å². The maximum atomic E-state index is 4.64. The lowest BCUT2D eigenvalue weighted by Crippen LogP contribution is -2.16. The molecule has 2 aromatic rings. The molecule has 0 aliphatic carbocycles. The van der Waals surface area contributed by atoms with Gasteiger partial charge in [-0.2, -0.15) is 0 Å². The van der Waals surface area contributed by atoms with E-state index < -0.39 is 0 Å². The van der Waals surface area contributed by atoms with Crippen molar-refractivity contribution in [2.45, 2.75) is 20.0 Å². The van der Waals surface area contributed by atoms with Crippen molar-refractivity contribution in [1.29, 1.82) is 0 Å². The van der Waals surface area contributed by atoms with E-state index in [1.807, 2.05) is 13.1 Å². The van der Waals surface area contributed by atoms with Crippen molar-refractivity contribution in [1.82, 2.24) is 10.3 Å². The van der Waals surface area contributed by atoms with Gasteiger partial charge >= 0.3 is 0 Å². The van der Waals surface area contributed by atoms with Crippen LogP contribution in [0.2, 0.25) is 0 Å². The van der Waals surface area contributed by atoms with E-state index in [0.717, 1.165) is 28.4 Å². The normalized spacial score (nSPS) is 10.7. The Kier molecular flexibility index (Phi) is 4.96. The van der Waals surface area contributed by atoms with Gasteiger partial charge in [0, 0.05) is 29.5 Å². The lowest BCUT2D eigenvalue weighted by Gasteiger charge is -2.16. The summed E-state index contributed by atoms with van der Waals surface area (Å²) in [6.45, 7) is 3.80. The predicted octanol–water partition coefficient (Wildman–Crippen LogP) is 3.57. The summed E-state index contributed by atoms with van der Waals surface area (Å²) >= 11 is 5.34. The van der Waals surface area contributed by atoms with Gasteiger partial charge < -0.3 is 10.2 Å². The summed E-state index contributed by atoms with van der Waals surface area (Å²) in [6.07, 6.45) is 0. The van der Waals surface area contributed by atoms with Gasteiger partial charge in [0.25, 0.3) is 0 Å². The zero-order valence-electron chi connectivity index (χ0n) is 11.4. The maximum absolute atomic E-state index is 4.64. The molecule has 0 spiro atoms. The third kappa shape index (κ3) is 3.55. The Morgan fingerprint density at radius 1 is 1.37 bits per heavy atom. The highest BCUT2D eigenvalue weighted by molar-refractivity contribution is 9.10. The van der Waals surface area contributed by atoms with Crippen molar-refractivity contribution in [2.24, 2.45) is 0 Å². The first-order valence-electron chi connectivity index (χ1n) is 6.17. The van der Waals surface area contributed by atoms with Gasteiger partial charge in [-0.1, -0.05) is 34.1 Å². The topological polar surface area (TPSA) is 28.2 Å². The predicted molar refractivity (Wildman–Crippen MR) is 85.9 cm³/mol. The van der Waals surface area contributed by atoms with Gasteiger partial charge in [-0.15, -0.1) is 11.3 Å². The number of anilines is 1. The molecule has 0 fully saturated rings. The standard InChI is InChI=1S/C14H18BrN3S/c1-10-13(8-16-2)19-14(17-10)18(3)9-11-6-4-5-7-12(11)15/h4-7,16H,8-9H2,1-3H3. The van der Waals surface area contributed by atoms with E-state index >= 15 is 0 Å². The van der Waals surface area contributed by atoms with Crippen LogP contribution < -0.4 is 10.2 Å². The van der Waals surface area contributed by atoms with Crippen LogP contribution in [0.5, 0.6) is 0 Å². The molecule has 3 nitrogen and oxygen atoms in total. The van der Waals surface area contributed by atoms with Gasteiger partial charge in [0.15, 0.2) is 5.13 Å². The zero-order chi connectivity index (χ0) is 13.8. The molecule has 0 bridgehead atoms. The first kappa shape index (κ1) is 14.5. The Bertz CT molecular complexity index is 553. The number of thiazole rings is 1.